The van der Waals surface area contributed by atoms with E-state index in [-0.39, 0.29) is 23.6 Å². The van der Waals surface area contributed by atoms with Gasteiger partial charge in [0.2, 0.25) is 5.91 Å². The van der Waals surface area contributed by atoms with Gasteiger partial charge in [0.25, 0.3) is 0 Å². The third kappa shape index (κ3) is 2.21. The van der Waals surface area contributed by atoms with Gasteiger partial charge in [0.1, 0.15) is 17.0 Å². The van der Waals surface area contributed by atoms with Crippen LogP contribution >= 0.6 is 0 Å². The minimum atomic E-state index is -1.54. The fraction of sp³-hybridized carbons (Fsp3) is 0.222. The molecule has 124 valence electrons. The molecule has 1 aliphatic heterocycles. The molecule has 1 amide bonds. The summed E-state index contributed by atoms with van der Waals surface area (Å²) < 4.78 is 41.5. The maximum Gasteiger partial charge on any atom is 0.242 e. The Hall–Kier alpha value is -2.63. The highest BCUT2D eigenvalue weighted by molar-refractivity contribution is 6.12. The van der Waals surface area contributed by atoms with E-state index in [0.717, 1.165) is 23.1 Å². The Morgan fingerprint density at radius 1 is 1.08 bits per heavy atom. The van der Waals surface area contributed by atoms with Crippen LogP contribution in [0.3, 0.4) is 0 Å². The lowest BCUT2D eigenvalue weighted by Gasteiger charge is -2.25. The number of hydrogen-bond acceptors (Lipinski definition) is 2. The quantitative estimate of drug-likeness (QED) is 0.864. The zero-order chi connectivity index (χ0) is 17.6. The molecule has 24 heavy (non-hydrogen) atoms. The number of anilines is 1. The molecule has 1 atom stereocenters. The highest BCUT2D eigenvalue weighted by atomic mass is 19.2. The maximum atomic E-state index is 14.5. The Bertz CT molecular complexity index is 848. The summed E-state index contributed by atoms with van der Waals surface area (Å²) in [4.78, 5) is 25.6. The van der Waals surface area contributed by atoms with Gasteiger partial charge in [0, 0.05) is 5.56 Å². The van der Waals surface area contributed by atoms with E-state index in [2.05, 4.69) is 0 Å². The predicted octanol–water partition coefficient (Wildman–Crippen LogP) is 3.35. The van der Waals surface area contributed by atoms with Crippen molar-refractivity contribution in [1.29, 1.82) is 0 Å². The fourth-order valence-electron chi connectivity index (χ4n) is 3.16. The van der Waals surface area contributed by atoms with Gasteiger partial charge in [-0.15, -0.1) is 0 Å². The van der Waals surface area contributed by atoms with Gasteiger partial charge < -0.3 is 4.90 Å². The molecule has 0 N–H and O–H groups in total. The molecule has 0 saturated carbocycles. The van der Waals surface area contributed by atoms with Gasteiger partial charge in [-0.1, -0.05) is 12.1 Å². The van der Waals surface area contributed by atoms with E-state index in [9.17, 15) is 22.8 Å². The SMILES string of the molecule is CC(=O)CN1C(=O)[C@](C)(c2ccc(F)cc2)c2c1ccc(F)c2F. The van der Waals surface area contributed by atoms with Gasteiger partial charge in [0.15, 0.2) is 11.6 Å². The number of nitrogens with zero attached hydrogens (tertiary/aromatic N) is 1. The Kier molecular flexibility index (Phi) is 3.70. The number of carbonyl (C=O) groups excluding carboxylic acids is 2. The Labute approximate surface area is 136 Å². The molecule has 0 saturated heterocycles. The lowest BCUT2D eigenvalue weighted by atomic mass is 9.77. The first kappa shape index (κ1) is 16.2. The number of halogens is 3. The van der Waals surface area contributed by atoms with Crippen LogP contribution in [0.1, 0.15) is 25.0 Å². The summed E-state index contributed by atoms with van der Waals surface area (Å²) in [6.45, 7) is 2.51. The number of rotatable bonds is 3. The third-order valence-electron chi connectivity index (χ3n) is 4.34. The van der Waals surface area contributed by atoms with Crippen LogP contribution in [0.4, 0.5) is 18.9 Å². The summed E-state index contributed by atoms with van der Waals surface area (Å²) in [7, 11) is 0. The van der Waals surface area contributed by atoms with E-state index in [0.29, 0.717) is 5.56 Å². The zero-order valence-electron chi connectivity index (χ0n) is 13.1. The number of benzene rings is 2. The van der Waals surface area contributed by atoms with Crippen LogP contribution in [-0.4, -0.2) is 18.2 Å². The van der Waals surface area contributed by atoms with Crippen LogP contribution in [0.25, 0.3) is 0 Å². The van der Waals surface area contributed by atoms with E-state index in [1.165, 1.54) is 32.0 Å². The van der Waals surface area contributed by atoms with Crippen molar-refractivity contribution >= 4 is 17.4 Å². The molecule has 3 rings (SSSR count). The second kappa shape index (κ2) is 5.47. The maximum absolute atomic E-state index is 14.5. The van der Waals surface area contributed by atoms with Crippen molar-refractivity contribution in [3.8, 4) is 0 Å². The molecule has 0 unspecified atom stereocenters. The molecule has 0 aromatic heterocycles. The molecule has 2 aromatic rings. The minimum absolute atomic E-state index is 0.139. The Balaban J connectivity index is 2.28. The molecule has 1 heterocycles. The summed E-state index contributed by atoms with van der Waals surface area (Å²) >= 11 is 0. The number of Topliss-reactive ketones (excluding diaryl/α,β-unsaturated/α-hetero) is 1. The molecular weight excluding hydrogens is 319 g/mol. The second-order valence-corrected chi connectivity index (χ2v) is 5.98. The molecular formula is C18H14F3NO2. The number of fused-ring (bicyclic) bond motifs is 1. The standard InChI is InChI=1S/C18H14F3NO2/c1-10(23)9-22-14-8-7-13(20)16(21)15(14)18(2,17(22)24)11-3-5-12(19)6-4-11/h3-8H,9H2,1-2H3/t18-/m1/s1. The third-order valence-corrected chi connectivity index (χ3v) is 4.34. The lowest BCUT2D eigenvalue weighted by Crippen LogP contribution is -2.41. The summed E-state index contributed by atoms with van der Waals surface area (Å²) in [5, 5.41) is 0. The molecule has 2 aromatic carbocycles. The fourth-order valence-corrected chi connectivity index (χ4v) is 3.16. The van der Waals surface area contributed by atoms with Crippen molar-refractivity contribution in [2.45, 2.75) is 19.3 Å². The molecule has 1 aliphatic rings. The first-order valence-electron chi connectivity index (χ1n) is 7.32. The summed E-state index contributed by atoms with van der Waals surface area (Å²) in [5.74, 6) is -3.57. The van der Waals surface area contributed by atoms with Crippen molar-refractivity contribution in [3.05, 3.63) is 65.0 Å². The van der Waals surface area contributed by atoms with E-state index in [1.807, 2.05) is 0 Å². The van der Waals surface area contributed by atoms with Gasteiger partial charge >= 0.3 is 0 Å². The average molecular weight is 333 g/mol. The first-order chi connectivity index (χ1) is 11.3. The van der Waals surface area contributed by atoms with Crippen LogP contribution in [0, 0.1) is 17.5 Å². The van der Waals surface area contributed by atoms with Gasteiger partial charge in [-0.25, -0.2) is 13.2 Å². The monoisotopic (exact) mass is 333 g/mol. The van der Waals surface area contributed by atoms with Crippen molar-refractivity contribution in [2.75, 3.05) is 11.4 Å². The normalized spacial score (nSPS) is 19.5. The molecule has 3 nitrogen and oxygen atoms in total. The highest BCUT2D eigenvalue weighted by Gasteiger charge is 2.51. The van der Waals surface area contributed by atoms with Crippen molar-refractivity contribution < 1.29 is 22.8 Å². The number of hydrogen-bond donors (Lipinski definition) is 0. The topological polar surface area (TPSA) is 37.4 Å². The molecule has 0 bridgehead atoms. The van der Waals surface area contributed by atoms with Gasteiger partial charge in [0.05, 0.1) is 12.2 Å². The van der Waals surface area contributed by atoms with Gasteiger partial charge in [-0.3, -0.25) is 9.59 Å². The Morgan fingerprint density at radius 2 is 1.71 bits per heavy atom. The van der Waals surface area contributed by atoms with Crippen molar-refractivity contribution in [3.63, 3.8) is 0 Å². The molecule has 0 radical (unpaired) electrons. The van der Waals surface area contributed by atoms with Crippen LogP contribution < -0.4 is 4.90 Å². The van der Waals surface area contributed by atoms with Gasteiger partial charge in [-0.2, -0.15) is 0 Å². The highest BCUT2D eigenvalue weighted by Crippen LogP contribution is 2.47. The molecule has 6 heteroatoms. The molecule has 0 fully saturated rings. The van der Waals surface area contributed by atoms with Crippen molar-refractivity contribution in [1.82, 2.24) is 0 Å². The van der Waals surface area contributed by atoms with E-state index in [1.54, 1.807) is 0 Å². The van der Waals surface area contributed by atoms with E-state index < -0.39 is 28.8 Å². The number of amides is 1. The largest absolute Gasteiger partial charge is 0.304 e. The second-order valence-electron chi connectivity index (χ2n) is 5.98. The summed E-state index contributed by atoms with van der Waals surface area (Å²) in [6.07, 6.45) is 0. The number of carbonyl (C=O) groups is 2. The summed E-state index contributed by atoms with van der Waals surface area (Å²) in [5.41, 5.74) is -1.20. The van der Waals surface area contributed by atoms with Crippen LogP contribution in [0.15, 0.2) is 36.4 Å². The van der Waals surface area contributed by atoms with Crippen LogP contribution in [0.5, 0.6) is 0 Å². The average Bonchev–Trinajstić information content (AvgIpc) is 2.74. The first-order valence-corrected chi connectivity index (χ1v) is 7.32. The van der Waals surface area contributed by atoms with Gasteiger partial charge in [-0.05, 0) is 43.7 Å². The molecule has 0 aliphatic carbocycles. The smallest absolute Gasteiger partial charge is 0.242 e. The Morgan fingerprint density at radius 3 is 2.29 bits per heavy atom. The number of ketones is 1. The predicted molar refractivity (Wildman–Crippen MR) is 82.2 cm³/mol. The molecule has 0 spiro atoms. The lowest BCUT2D eigenvalue weighted by molar-refractivity contribution is -0.123. The van der Waals surface area contributed by atoms with Crippen LogP contribution in [0.2, 0.25) is 0 Å². The zero-order valence-corrected chi connectivity index (χ0v) is 13.1. The van der Waals surface area contributed by atoms with E-state index in [4.69, 9.17) is 0 Å². The van der Waals surface area contributed by atoms with Crippen molar-refractivity contribution in [2.24, 2.45) is 0 Å². The minimum Gasteiger partial charge on any atom is -0.304 e. The summed E-state index contributed by atoms with van der Waals surface area (Å²) in [6, 6.07) is 7.22. The van der Waals surface area contributed by atoms with E-state index >= 15 is 0 Å². The van der Waals surface area contributed by atoms with Crippen LogP contribution in [-0.2, 0) is 15.0 Å².